The first-order valence-corrected chi connectivity index (χ1v) is 13.5. The molecule has 3 aliphatic heterocycles. The Balaban J connectivity index is 1.50. The van der Waals surface area contributed by atoms with Crippen LogP contribution in [-0.2, 0) is 4.79 Å². The first kappa shape index (κ1) is 25.8. The summed E-state index contributed by atoms with van der Waals surface area (Å²) in [5.41, 5.74) is 0.437. The number of carbonyl (C=O) groups is 1. The molecule has 1 atom stereocenters. The van der Waals surface area contributed by atoms with Crippen LogP contribution in [0.4, 0.5) is 14.6 Å². The Kier molecular flexibility index (Phi) is 6.76. The van der Waals surface area contributed by atoms with Gasteiger partial charge >= 0.3 is 5.69 Å². The lowest BCUT2D eigenvalue weighted by Crippen LogP contribution is -2.49. The highest BCUT2D eigenvalue weighted by atomic mass is 35.5. The zero-order valence-corrected chi connectivity index (χ0v) is 22.1. The van der Waals surface area contributed by atoms with Crippen molar-refractivity contribution in [3.63, 3.8) is 0 Å². The van der Waals surface area contributed by atoms with Crippen molar-refractivity contribution >= 4 is 34.2 Å². The largest absolute Gasteiger partial charge is 0.488 e. The molecule has 0 radical (unpaired) electrons. The number of hydrogen-bond donors (Lipinski definition) is 0. The van der Waals surface area contributed by atoms with Crippen LogP contribution >= 0.6 is 11.6 Å². The van der Waals surface area contributed by atoms with Crippen LogP contribution in [0.1, 0.15) is 18.9 Å². The van der Waals surface area contributed by atoms with Gasteiger partial charge in [-0.2, -0.15) is 4.98 Å². The molecule has 11 heteroatoms. The summed E-state index contributed by atoms with van der Waals surface area (Å²) in [4.78, 5) is 36.2. The molecule has 3 aromatic rings. The Bertz CT molecular complexity index is 1530. The van der Waals surface area contributed by atoms with E-state index in [0.717, 1.165) is 25.7 Å². The molecule has 0 saturated carbocycles. The monoisotopic (exact) mass is 555 g/mol. The van der Waals surface area contributed by atoms with Crippen molar-refractivity contribution in [2.45, 2.75) is 18.9 Å². The van der Waals surface area contributed by atoms with Crippen molar-refractivity contribution in [2.75, 3.05) is 57.3 Å². The van der Waals surface area contributed by atoms with Crippen LogP contribution in [-0.4, -0.2) is 77.7 Å². The highest BCUT2D eigenvalue weighted by Crippen LogP contribution is 2.47. The molecule has 2 aromatic carbocycles. The van der Waals surface area contributed by atoms with Crippen molar-refractivity contribution in [1.29, 1.82) is 0 Å². The van der Waals surface area contributed by atoms with Crippen LogP contribution in [0.15, 0.2) is 41.7 Å². The zero-order valence-electron chi connectivity index (χ0n) is 21.3. The predicted octanol–water partition coefficient (Wildman–Crippen LogP) is 3.86. The molecule has 2 saturated heterocycles. The number of carbonyl (C=O) groups excluding carboxylic acids is 1. The van der Waals surface area contributed by atoms with Crippen molar-refractivity contribution in [2.24, 2.45) is 0 Å². The molecule has 2 fully saturated rings. The second-order valence-electron chi connectivity index (χ2n) is 10.1. The summed E-state index contributed by atoms with van der Waals surface area (Å²) in [5.74, 6) is -0.900. The zero-order chi connectivity index (χ0) is 27.3. The van der Waals surface area contributed by atoms with Gasteiger partial charge in [-0.05, 0) is 50.2 Å². The van der Waals surface area contributed by atoms with Gasteiger partial charge in [0.05, 0.1) is 16.6 Å². The minimum absolute atomic E-state index is 0.0891. The van der Waals surface area contributed by atoms with Gasteiger partial charge in [0.25, 0.3) is 0 Å². The van der Waals surface area contributed by atoms with E-state index in [9.17, 15) is 18.4 Å². The van der Waals surface area contributed by atoms with E-state index < -0.39 is 17.3 Å². The molecule has 4 heterocycles. The molecule has 3 aliphatic rings. The van der Waals surface area contributed by atoms with E-state index in [2.05, 4.69) is 16.5 Å². The minimum atomic E-state index is -0.776. The van der Waals surface area contributed by atoms with Gasteiger partial charge in [0, 0.05) is 55.3 Å². The lowest BCUT2D eigenvalue weighted by molar-refractivity contribution is -0.126. The lowest BCUT2D eigenvalue weighted by atomic mass is 9.99. The maximum Gasteiger partial charge on any atom is 0.350 e. The fraction of sp³-hybridized carbons (Fsp3) is 0.393. The normalized spacial score (nSPS) is 19.1. The average Bonchev–Trinajstić information content (AvgIpc) is 2.90. The van der Waals surface area contributed by atoms with Gasteiger partial charge in [-0.15, -0.1) is 0 Å². The summed E-state index contributed by atoms with van der Waals surface area (Å²) in [5, 5.41) is 0.814. The van der Waals surface area contributed by atoms with Crippen molar-refractivity contribution in [1.82, 2.24) is 19.4 Å². The van der Waals surface area contributed by atoms with Crippen LogP contribution in [0.5, 0.6) is 5.75 Å². The molecule has 8 nitrogen and oxygen atoms in total. The topological polar surface area (TPSA) is 70.9 Å². The van der Waals surface area contributed by atoms with E-state index in [0.29, 0.717) is 49.3 Å². The molecule has 0 aliphatic carbocycles. The van der Waals surface area contributed by atoms with Crippen molar-refractivity contribution in [3.05, 3.63) is 64.1 Å². The number of ether oxygens (including phenoxy) is 1. The van der Waals surface area contributed by atoms with Crippen molar-refractivity contribution in [3.8, 4) is 16.9 Å². The van der Waals surface area contributed by atoms with Crippen LogP contribution in [0.2, 0.25) is 5.02 Å². The quantitative estimate of drug-likeness (QED) is 0.430. The first-order valence-electron chi connectivity index (χ1n) is 13.1. The second-order valence-corrected chi connectivity index (χ2v) is 10.5. The number of piperazine rings is 1. The molecule has 0 spiro atoms. The van der Waals surface area contributed by atoms with Gasteiger partial charge in [0.15, 0.2) is 5.75 Å². The van der Waals surface area contributed by atoms with E-state index in [1.807, 2.05) is 4.90 Å². The molecule has 6 rings (SSSR count). The molecular weight excluding hydrogens is 528 g/mol. The van der Waals surface area contributed by atoms with E-state index in [-0.39, 0.29) is 40.5 Å². The Morgan fingerprint density at radius 1 is 1.15 bits per heavy atom. The number of rotatable bonds is 6. The Morgan fingerprint density at radius 2 is 1.92 bits per heavy atom. The summed E-state index contributed by atoms with van der Waals surface area (Å²) in [6.45, 7) is 8.49. The van der Waals surface area contributed by atoms with Crippen LogP contribution < -0.4 is 15.3 Å². The van der Waals surface area contributed by atoms with Crippen LogP contribution in [0, 0.1) is 11.6 Å². The van der Waals surface area contributed by atoms with Gasteiger partial charge in [-0.1, -0.05) is 18.2 Å². The molecule has 1 amide bonds. The molecule has 1 unspecified atom stereocenters. The third kappa shape index (κ3) is 4.55. The van der Waals surface area contributed by atoms with E-state index in [1.165, 1.54) is 24.6 Å². The van der Waals surface area contributed by atoms with Crippen LogP contribution in [0.3, 0.4) is 0 Å². The van der Waals surface area contributed by atoms with E-state index in [1.54, 1.807) is 15.5 Å². The summed E-state index contributed by atoms with van der Waals surface area (Å²) in [6, 6.07) is 4.71. The highest BCUT2D eigenvalue weighted by Gasteiger charge is 2.33. The first-order chi connectivity index (χ1) is 18.9. The number of anilines is 1. The fourth-order valence-electron chi connectivity index (χ4n) is 5.66. The Labute approximate surface area is 229 Å². The average molecular weight is 556 g/mol. The number of amides is 1. The summed E-state index contributed by atoms with van der Waals surface area (Å²) < 4.78 is 36.6. The second kappa shape index (κ2) is 10.2. The smallest absolute Gasteiger partial charge is 0.350 e. The van der Waals surface area contributed by atoms with E-state index >= 15 is 0 Å². The summed E-state index contributed by atoms with van der Waals surface area (Å²) >= 11 is 6.76. The van der Waals surface area contributed by atoms with Gasteiger partial charge in [-0.3, -0.25) is 9.36 Å². The number of halogens is 3. The molecule has 0 bridgehead atoms. The fourth-order valence-corrected chi connectivity index (χ4v) is 5.96. The standard InChI is InChI=1S/C28H28ClF2N5O3/c1-2-23(37)34-10-12-35(13-11-34)27-20-15-21(29)24(19-5-4-17(30)14-22(19)31)26-25(20)36(28(38)32-27)18(16-39-26)6-9-33-7-3-8-33/h2,4-5,14-15,18H,1,3,6-13,16H2. The van der Waals surface area contributed by atoms with E-state index in [4.69, 9.17) is 16.3 Å². The van der Waals surface area contributed by atoms with Crippen molar-refractivity contribution < 1.29 is 18.3 Å². The number of benzene rings is 2. The SMILES string of the molecule is C=CC(=O)N1CCN(c2nc(=O)n3c4c(c(-c5ccc(F)cc5F)c(Cl)cc24)OCC3CCN2CCC2)CC1. The minimum Gasteiger partial charge on any atom is -0.488 e. The summed E-state index contributed by atoms with van der Waals surface area (Å²) in [6.07, 6.45) is 3.15. The number of likely N-dealkylation sites (tertiary alicyclic amines) is 1. The van der Waals surface area contributed by atoms with Gasteiger partial charge in [-0.25, -0.2) is 13.6 Å². The highest BCUT2D eigenvalue weighted by molar-refractivity contribution is 6.35. The third-order valence-corrected chi connectivity index (χ3v) is 8.17. The summed E-state index contributed by atoms with van der Waals surface area (Å²) in [7, 11) is 0. The Morgan fingerprint density at radius 3 is 2.59 bits per heavy atom. The molecule has 39 heavy (non-hydrogen) atoms. The molecule has 1 aromatic heterocycles. The van der Waals surface area contributed by atoms with Gasteiger partial charge < -0.3 is 19.4 Å². The number of aromatic nitrogens is 2. The lowest BCUT2D eigenvalue weighted by Gasteiger charge is -2.37. The molecule has 204 valence electrons. The van der Waals surface area contributed by atoms with Crippen LogP contribution in [0.25, 0.3) is 22.0 Å². The maximum absolute atomic E-state index is 15.0. The third-order valence-electron chi connectivity index (χ3n) is 7.87. The van der Waals surface area contributed by atoms with Gasteiger partial charge in [0.1, 0.15) is 24.1 Å². The predicted molar refractivity (Wildman–Crippen MR) is 146 cm³/mol. The maximum atomic E-state index is 15.0. The molecule has 0 N–H and O–H groups in total. The van der Waals surface area contributed by atoms with Gasteiger partial charge in [0.2, 0.25) is 5.91 Å². The number of nitrogens with zero attached hydrogens (tertiary/aromatic N) is 5. The molecular formula is C28H28ClF2N5O3. The number of hydrogen-bond acceptors (Lipinski definition) is 6. The Hall–Kier alpha value is -3.50.